The minimum Gasteiger partial charge on any atom is -0.308 e. The molecule has 18 heavy (non-hydrogen) atoms. The van der Waals surface area contributed by atoms with Gasteiger partial charge in [-0.2, -0.15) is 5.10 Å². The van der Waals surface area contributed by atoms with Crippen molar-refractivity contribution in [3.05, 3.63) is 15.9 Å². The number of aryl methyl sites for hydroxylation is 2. The van der Waals surface area contributed by atoms with E-state index >= 15 is 0 Å². The van der Waals surface area contributed by atoms with Crippen LogP contribution in [0.25, 0.3) is 0 Å². The van der Waals surface area contributed by atoms with Gasteiger partial charge in [0.15, 0.2) is 0 Å². The fourth-order valence-corrected chi connectivity index (χ4v) is 3.44. The van der Waals surface area contributed by atoms with Gasteiger partial charge in [0.2, 0.25) is 0 Å². The van der Waals surface area contributed by atoms with Crippen LogP contribution in [0.15, 0.2) is 4.47 Å². The third kappa shape index (κ3) is 3.15. The maximum atomic E-state index is 4.64. The second kappa shape index (κ2) is 6.71. The van der Waals surface area contributed by atoms with E-state index in [1.165, 1.54) is 48.0 Å². The van der Waals surface area contributed by atoms with Crippen LogP contribution in [-0.2, 0) is 19.5 Å². The number of hydrogen-bond donors (Lipinski definition) is 1. The van der Waals surface area contributed by atoms with Crippen molar-refractivity contribution in [3.8, 4) is 0 Å². The molecule has 1 saturated carbocycles. The molecule has 1 aliphatic carbocycles. The molecule has 0 saturated heterocycles. The molecule has 4 heteroatoms. The Balaban J connectivity index is 2.01. The number of nitrogens with zero attached hydrogens (tertiary/aromatic N) is 2. The molecule has 0 amide bonds. The number of nitrogens with one attached hydrogen (secondary N) is 1. The van der Waals surface area contributed by atoms with E-state index in [-0.39, 0.29) is 0 Å². The van der Waals surface area contributed by atoms with Gasteiger partial charge in [-0.25, -0.2) is 0 Å². The highest BCUT2D eigenvalue weighted by Crippen LogP contribution is 2.23. The molecule has 3 nitrogen and oxygen atoms in total. The molecule has 0 aromatic carbocycles. The quantitative estimate of drug-likeness (QED) is 0.899. The summed E-state index contributed by atoms with van der Waals surface area (Å²) in [5.41, 5.74) is 2.48. The average molecular weight is 314 g/mol. The highest BCUT2D eigenvalue weighted by Gasteiger charge is 2.17. The van der Waals surface area contributed by atoms with Crippen molar-refractivity contribution >= 4 is 15.9 Å². The van der Waals surface area contributed by atoms with Crippen LogP contribution in [0.1, 0.15) is 57.3 Å². The summed E-state index contributed by atoms with van der Waals surface area (Å²) in [5.74, 6) is 0. The van der Waals surface area contributed by atoms with Gasteiger partial charge in [-0.3, -0.25) is 4.68 Å². The van der Waals surface area contributed by atoms with Crippen molar-refractivity contribution in [2.45, 2.75) is 71.5 Å². The molecule has 1 fully saturated rings. The van der Waals surface area contributed by atoms with Gasteiger partial charge in [-0.15, -0.1) is 0 Å². The van der Waals surface area contributed by atoms with Crippen LogP contribution in [0, 0.1) is 0 Å². The highest BCUT2D eigenvalue weighted by atomic mass is 79.9. The van der Waals surface area contributed by atoms with E-state index in [1.807, 2.05) is 0 Å². The lowest BCUT2D eigenvalue weighted by Crippen LogP contribution is -2.31. The Bertz CT molecular complexity index is 381. The van der Waals surface area contributed by atoms with Crippen LogP contribution < -0.4 is 5.32 Å². The summed E-state index contributed by atoms with van der Waals surface area (Å²) in [4.78, 5) is 0. The molecule has 1 aliphatic rings. The molecular formula is C14H24BrN3. The van der Waals surface area contributed by atoms with Crippen LogP contribution in [0.4, 0.5) is 0 Å². The minimum atomic E-state index is 0.705. The zero-order chi connectivity index (χ0) is 13.0. The van der Waals surface area contributed by atoms with E-state index in [1.54, 1.807) is 0 Å². The Hall–Kier alpha value is -0.350. The van der Waals surface area contributed by atoms with E-state index in [2.05, 4.69) is 44.9 Å². The van der Waals surface area contributed by atoms with Crippen molar-refractivity contribution in [2.24, 2.45) is 0 Å². The van der Waals surface area contributed by atoms with Crippen LogP contribution in [-0.4, -0.2) is 15.8 Å². The molecule has 0 radical (unpaired) electrons. The molecule has 102 valence electrons. The van der Waals surface area contributed by atoms with Gasteiger partial charge in [-0.1, -0.05) is 26.2 Å². The number of rotatable bonds is 5. The summed E-state index contributed by atoms with van der Waals surface area (Å²) in [5, 5.41) is 8.34. The van der Waals surface area contributed by atoms with Crippen molar-refractivity contribution in [1.82, 2.24) is 15.1 Å². The summed E-state index contributed by atoms with van der Waals surface area (Å²) in [6.45, 7) is 6.20. The molecule has 0 spiro atoms. The molecule has 1 aromatic heterocycles. The summed E-state index contributed by atoms with van der Waals surface area (Å²) in [7, 11) is 0. The molecule has 1 aromatic rings. The van der Waals surface area contributed by atoms with Crippen LogP contribution in [0.5, 0.6) is 0 Å². The van der Waals surface area contributed by atoms with Gasteiger partial charge in [-0.05, 0) is 42.1 Å². The van der Waals surface area contributed by atoms with Crippen LogP contribution in [0.3, 0.4) is 0 Å². The maximum absolute atomic E-state index is 4.64. The standard InChI is InChI=1S/C14H24BrN3/c1-3-12-14(15)13(18(4-2)17-12)10-16-11-8-6-5-7-9-11/h11,16H,3-10H2,1-2H3. The second-order valence-electron chi connectivity index (χ2n) is 5.09. The molecule has 1 N–H and O–H groups in total. The van der Waals surface area contributed by atoms with Crippen molar-refractivity contribution in [2.75, 3.05) is 0 Å². The largest absolute Gasteiger partial charge is 0.308 e. The average Bonchev–Trinajstić information content (AvgIpc) is 2.73. The highest BCUT2D eigenvalue weighted by molar-refractivity contribution is 9.10. The summed E-state index contributed by atoms with van der Waals surface area (Å²) in [6, 6.07) is 0.705. The smallest absolute Gasteiger partial charge is 0.0767 e. The van der Waals surface area contributed by atoms with Gasteiger partial charge in [0.1, 0.15) is 0 Å². The van der Waals surface area contributed by atoms with E-state index < -0.39 is 0 Å². The topological polar surface area (TPSA) is 29.9 Å². The lowest BCUT2D eigenvalue weighted by Gasteiger charge is -2.23. The Morgan fingerprint density at radius 2 is 2.00 bits per heavy atom. The van der Waals surface area contributed by atoms with Gasteiger partial charge in [0.25, 0.3) is 0 Å². The van der Waals surface area contributed by atoms with Gasteiger partial charge in [0.05, 0.1) is 15.9 Å². The van der Waals surface area contributed by atoms with Crippen molar-refractivity contribution < 1.29 is 0 Å². The lowest BCUT2D eigenvalue weighted by atomic mass is 9.95. The Kier molecular flexibility index (Phi) is 5.25. The normalized spacial score (nSPS) is 17.3. The summed E-state index contributed by atoms with van der Waals surface area (Å²) in [6.07, 6.45) is 7.83. The van der Waals surface area contributed by atoms with Crippen LogP contribution in [0.2, 0.25) is 0 Å². The fourth-order valence-electron chi connectivity index (χ4n) is 2.73. The third-order valence-corrected chi connectivity index (χ3v) is 4.77. The van der Waals surface area contributed by atoms with Gasteiger partial charge < -0.3 is 5.32 Å². The molecule has 0 unspecified atom stereocenters. The second-order valence-corrected chi connectivity index (χ2v) is 5.89. The number of aromatic nitrogens is 2. The Morgan fingerprint density at radius 3 is 2.61 bits per heavy atom. The molecule has 0 aliphatic heterocycles. The van der Waals surface area contributed by atoms with Crippen molar-refractivity contribution in [3.63, 3.8) is 0 Å². The summed E-state index contributed by atoms with van der Waals surface area (Å²) < 4.78 is 3.33. The Morgan fingerprint density at radius 1 is 1.28 bits per heavy atom. The predicted molar refractivity (Wildman–Crippen MR) is 78.7 cm³/mol. The molecule has 0 atom stereocenters. The first-order valence-corrected chi connectivity index (χ1v) is 8.03. The zero-order valence-corrected chi connectivity index (χ0v) is 13.1. The van der Waals surface area contributed by atoms with E-state index in [9.17, 15) is 0 Å². The van der Waals surface area contributed by atoms with Gasteiger partial charge in [0, 0.05) is 19.1 Å². The Labute approximate surface area is 118 Å². The first-order chi connectivity index (χ1) is 8.76. The summed E-state index contributed by atoms with van der Waals surface area (Å²) >= 11 is 3.70. The lowest BCUT2D eigenvalue weighted by molar-refractivity contribution is 0.367. The first-order valence-electron chi connectivity index (χ1n) is 7.23. The zero-order valence-electron chi connectivity index (χ0n) is 11.5. The third-order valence-electron chi connectivity index (χ3n) is 3.86. The number of halogens is 1. The van der Waals surface area contributed by atoms with E-state index in [4.69, 9.17) is 0 Å². The first kappa shape index (κ1) is 14.1. The monoisotopic (exact) mass is 313 g/mol. The molecule has 2 rings (SSSR count). The van der Waals surface area contributed by atoms with Gasteiger partial charge >= 0.3 is 0 Å². The van der Waals surface area contributed by atoms with Crippen LogP contribution >= 0.6 is 15.9 Å². The molecular weight excluding hydrogens is 290 g/mol. The minimum absolute atomic E-state index is 0.705. The van der Waals surface area contributed by atoms with Crippen molar-refractivity contribution in [1.29, 1.82) is 0 Å². The predicted octanol–water partition coefficient (Wildman–Crippen LogP) is 3.65. The number of hydrogen-bond acceptors (Lipinski definition) is 2. The van der Waals surface area contributed by atoms with E-state index in [0.717, 1.165) is 19.5 Å². The molecule has 0 bridgehead atoms. The maximum Gasteiger partial charge on any atom is 0.0767 e. The SMILES string of the molecule is CCc1nn(CC)c(CNC2CCCCC2)c1Br. The van der Waals surface area contributed by atoms with E-state index in [0.29, 0.717) is 6.04 Å². The molecule has 1 heterocycles. The fraction of sp³-hybridized carbons (Fsp3) is 0.786.